The van der Waals surface area contributed by atoms with E-state index in [4.69, 9.17) is 21.1 Å². The number of ether oxygens (including phenoxy) is 2. The van der Waals surface area contributed by atoms with Crippen molar-refractivity contribution in [2.24, 2.45) is 5.92 Å². The normalized spacial score (nSPS) is 20.9. The summed E-state index contributed by atoms with van der Waals surface area (Å²) in [7, 11) is 1.58. The monoisotopic (exact) mass is 368 g/mol. The fourth-order valence-corrected chi connectivity index (χ4v) is 2.79. The van der Waals surface area contributed by atoms with Crippen molar-refractivity contribution in [3.63, 3.8) is 0 Å². The van der Waals surface area contributed by atoms with E-state index in [0.717, 1.165) is 0 Å². The number of hydrogen-bond acceptors (Lipinski definition) is 4. The van der Waals surface area contributed by atoms with Crippen molar-refractivity contribution in [2.75, 3.05) is 25.5 Å². The van der Waals surface area contributed by atoms with E-state index < -0.39 is 11.7 Å². The van der Waals surface area contributed by atoms with Gasteiger partial charge in [0.1, 0.15) is 5.60 Å². The van der Waals surface area contributed by atoms with E-state index in [-0.39, 0.29) is 17.9 Å². The molecule has 0 aromatic heterocycles. The quantitative estimate of drug-likeness (QED) is 0.885. The molecule has 1 heterocycles. The molecule has 1 saturated heterocycles. The van der Waals surface area contributed by atoms with Gasteiger partial charge >= 0.3 is 6.09 Å². The third kappa shape index (κ3) is 5.90. The van der Waals surface area contributed by atoms with Crippen molar-refractivity contribution in [3.05, 3.63) is 29.3 Å². The van der Waals surface area contributed by atoms with E-state index in [1.807, 2.05) is 20.8 Å². The lowest BCUT2D eigenvalue weighted by Crippen LogP contribution is -2.51. The summed E-state index contributed by atoms with van der Waals surface area (Å²) >= 11 is 5.85. The van der Waals surface area contributed by atoms with Gasteiger partial charge in [-0.25, -0.2) is 4.79 Å². The second-order valence-corrected chi connectivity index (χ2v) is 7.61. The highest BCUT2D eigenvalue weighted by Gasteiger charge is 2.35. The Hall–Kier alpha value is -1.79. The first-order chi connectivity index (χ1) is 11.7. The number of rotatable bonds is 3. The largest absolute Gasteiger partial charge is 0.444 e. The Bertz CT molecular complexity index is 612. The molecule has 2 rings (SSSR count). The molecule has 0 aliphatic carbocycles. The zero-order valence-electron chi connectivity index (χ0n) is 15.0. The van der Waals surface area contributed by atoms with E-state index >= 15 is 0 Å². The molecule has 0 bridgehead atoms. The minimum absolute atomic E-state index is 0.155. The number of methoxy groups -OCH3 is 1. The van der Waals surface area contributed by atoms with Crippen LogP contribution in [0.25, 0.3) is 0 Å². The van der Waals surface area contributed by atoms with Crippen LogP contribution < -0.4 is 5.32 Å². The van der Waals surface area contributed by atoms with Crippen LogP contribution in [0.5, 0.6) is 0 Å². The van der Waals surface area contributed by atoms with E-state index in [1.165, 1.54) is 4.90 Å². The summed E-state index contributed by atoms with van der Waals surface area (Å²) in [4.78, 5) is 26.5. The number of carbonyl (C=O) groups excluding carboxylic acids is 2. The van der Waals surface area contributed by atoms with Crippen LogP contribution in [0.1, 0.15) is 27.2 Å². The molecule has 0 radical (unpaired) electrons. The first-order valence-electron chi connectivity index (χ1n) is 8.25. The van der Waals surface area contributed by atoms with Crippen molar-refractivity contribution in [1.82, 2.24) is 4.90 Å². The maximum absolute atomic E-state index is 12.6. The Kier molecular flexibility index (Phi) is 6.30. The second-order valence-electron chi connectivity index (χ2n) is 7.17. The number of amides is 2. The number of halogens is 1. The lowest BCUT2D eigenvalue weighted by molar-refractivity contribution is -0.123. The van der Waals surface area contributed by atoms with Gasteiger partial charge in [-0.15, -0.1) is 0 Å². The van der Waals surface area contributed by atoms with Crippen molar-refractivity contribution < 1.29 is 19.1 Å². The van der Waals surface area contributed by atoms with Gasteiger partial charge in [-0.05, 0) is 51.5 Å². The molecular formula is C18H25ClN2O4. The molecule has 2 atom stereocenters. The molecule has 1 aliphatic rings. The Morgan fingerprint density at radius 2 is 1.84 bits per heavy atom. The third-order valence-corrected chi connectivity index (χ3v) is 4.13. The molecule has 0 spiro atoms. The Morgan fingerprint density at radius 3 is 2.40 bits per heavy atom. The third-order valence-electron chi connectivity index (χ3n) is 3.88. The number of nitrogens with one attached hydrogen (secondary N) is 1. The smallest absolute Gasteiger partial charge is 0.410 e. The van der Waals surface area contributed by atoms with Crippen LogP contribution in [0.15, 0.2) is 24.3 Å². The summed E-state index contributed by atoms with van der Waals surface area (Å²) in [5.74, 6) is -0.528. The van der Waals surface area contributed by atoms with Crippen LogP contribution in [0.3, 0.4) is 0 Å². The molecular weight excluding hydrogens is 344 g/mol. The Morgan fingerprint density at radius 1 is 1.20 bits per heavy atom. The maximum Gasteiger partial charge on any atom is 0.410 e. The molecule has 0 saturated carbocycles. The number of hydrogen-bond donors (Lipinski definition) is 1. The lowest BCUT2D eigenvalue weighted by atomic mass is 9.95. The average molecular weight is 369 g/mol. The molecule has 1 aromatic carbocycles. The highest BCUT2D eigenvalue weighted by molar-refractivity contribution is 6.30. The molecule has 2 amide bonds. The summed E-state index contributed by atoms with van der Waals surface area (Å²) in [5, 5.41) is 3.46. The predicted molar refractivity (Wildman–Crippen MR) is 96.8 cm³/mol. The number of carbonyl (C=O) groups is 2. The van der Waals surface area contributed by atoms with Gasteiger partial charge in [0.15, 0.2) is 0 Å². The summed E-state index contributed by atoms with van der Waals surface area (Å²) < 4.78 is 10.8. The Labute approximate surface area is 153 Å². The van der Waals surface area contributed by atoms with E-state index in [0.29, 0.717) is 30.2 Å². The first-order valence-corrected chi connectivity index (χ1v) is 8.63. The SMILES string of the molecule is COC1CC(C(=O)Nc2ccc(Cl)cc2)CN(C(=O)OC(C)(C)C)C1. The van der Waals surface area contributed by atoms with Crippen molar-refractivity contribution in [1.29, 1.82) is 0 Å². The first kappa shape index (κ1) is 19.5. The zero-order chi connectivity index (χ0) is 18.6. The molecule has 2 unspecified atom stereocenters. The van der Waals surface area contributed by atoms with Crippen molar-refractivity contribution >= 4 is 29.3 Å². The zero-order valence-corrected chi connectivity index (χ0v) is 15.8. The van der Waals surface area contributed by atoms with E-state index in [2.05, 4.69) is 5.32 Å². The number of nitrogens with zero attached hydrogens (tertiary/aromatic N) is 1. The maximum atomic E-state index is 12.6. The number of anilines is 1. The van der Waals surface area contributed by atoms with Crippen LogP contribution in [0, 0.1) is 5.92 Å². The van der Waals surface area contributed by atoms with E-state index in [1.54, 1.807) is 31.4 Å². The topological polar surface area (TPSA) is 67.9 Å². The number of likely N-dealkylation sites (tertiary alicyclic amines) is 1. The van der Waals surface area contributed by atoms with Gasteiger partial charge in [-0.1, -0.05) is 11.6 Å². The van der Waals surface area contributed by atoms with Crippen LogP contribution >= 0.6 is 11.6 Å². The van der Waals surface area contributed by atoms with Gasteiger partial charge in [0, 0.05) is 24.4 Å². The lowest BCUT2D eigenvalue weighted by Gasteiger charge is -2.37. The highest BCUT2D eigenvalue weighted by Crippen LogP contribution is 2.23. The van der Waals surface area contributed by atoms with Gasteiger partial charge in [0.05, 0.1) is 18.6 Å². The average Bonchev–Trinajstić information content (AvgIpc) is 2.55. The van der Waals surface area contributed by atoms with E-state index in [9.17, 15) is 9.59 Å². The fourth-order valence-electron chi connectivity index (χ4n) is 2.67. The molecule has 1 fully saturated rings. The fraction of sp³-hybridized carbons (Fsp3) is 0.556. The van der Waals surface area contributed by atoms with Crippen LogP contribution in [0.2, 0.25) is 5.02 Å². The number of benzene rings is 1. The summed E-state index contributed by atoms with van der Waals surface area (Å²) in [6.45, 7) is 6.15. The predicted octanol–water partition coefficient (Wildman–Crippen LogP) is 3.55. The van der Waals surface area contributed by atoms with Crippen LogP contribution in [-0.4, -0.2) is 48.8 Å². The summed E-state index contributed by atoms with van der Waals surface area (Å²) in [5.41, 5.74) is 0.0794. The van der Waals surface area contributed by atoms with Crippen molar-refractivity contribution in [3.8, 4) is 0 Å². The summed E-state index contributed by atoms with van der Waals surface area (Å²) in [6.07, 6.45) is -0.0874. The van der Waals surface area contributed by atoms with Crippen LogP contribution in [-0.2, 0) is 14.3 Å². The molecule has 1 aromatic rings. The van der Waals surface area contributed by atoms with Gasteiger partial charge < -0.3 is 19.7 Å². The number of piperidine rings is 1. The van der Waals surface area contributed by atoms with Gasteiger partial charge in [-0.3, -0.25) is 4.79 Å². The molecule has 138 valence electrons. The standard InChI is InChI=1S/C18H25ClN2O4/c1-18(2,3)25-17(23)21-10-12(9-15(11-21)24-4)16(22)20-14-7-5-13(19)6-8-14/h5-8,12,15H,9-11H2,1-4H3,(H,20,22). The summed E-state index contributed by atoms with van der Waals surface area (Å²) in [6, 6.07) is 6.90. The van der Waals surface area contributed by atoms with Gasteiger partial charge in [0.25, 0.3) is 0 Å². The molecule has 7 heteroatoms. The minimum Gasteiger partial charge on any atom is -0.444 e. The molecule has 1 aliphatic heterocycles. The van der Waals surface area contributed by atoms with Gasteiger partial charge in [0.2, 0.25) is 5.91 Å². The second kappa shape index (κ2) is 8.06. The van der Waals surface area contributed by atoms with Crippen molar-refractivity contribution in [2.45, 2.75) is 38.9 Å². The minimum atomic E-state index is -0.585. The molecule has 6 nitrogen and oxygen atoms in total. The highest BCUT2D eigenvalue weighted by atomic mass is 35.5. The molecule has 25 heavy (non-hydrogen) atoms. The van der Waals surface area contributed by atoms with Gasteiger partial charge in [-0.2, -0.15) is 0 Å². The molecule has 1 N–H and O–H groups in total. The Balaban J connectivity index is 2.04. The van der Waals surface area contributed by atoms with Crippen LogP contribution in [0.4, 0.5) is 10.5 Å².